The van der Waals surface area contributed by atoms with Crippen LogP contribution in [-0.2, 0) is 20.8 Å². The van der Waals surface area contributed by atoms with E-state index < -0.39 is 11.0 Å². The van der Waals surface area contributed by atoms with E-state index in [9.17, 15) is 14.4 Å². The van der Waals surface area contributed by atoms with Crippen LogP contribution in [0.1, 0.15) is 38.7 Å². The lowest BCUT2D eigenvalue weighted by atomic mass is 9.74. The van der Waals surface area contributed by atoms with Crippen LogP contribution in [-0.4, -0.2) is 66.9 Å². The number of hydrogen-bond acceptors (Lipinski definition) is 5. The van der Waals surface area contributed by atoms with E-state index in [1.54, 1.807) is 30.1 Å². The standard InChI is InChI=1S/C24H37N5O3/c1-23(2,25)13-8-12-20(30)26-17-21(31)29-15-9-14-24(18-29,22(32)27-28(3)4)16-19-10-6-5-7-11-19/h5-8,10-12H,9,13-18,25H2,1-4H3,(H,26,30)(H,27,32)/b12-8+/t24-/m1/s1. The van der Waals surface area contributed by atoms with Gasteiger partial charge in [0.2, 0.25) is 17.7 Å². The number of hydrazine groups is 1. The molecule has 1 atom stereocenters. The Labute approximate surface area is 191 Å². The van der Waals surface area contributed by atoms with E-state index in [0.717, 1.165) is 12.0 Å². The summed E-state index contributed by atoms with van der Waals surface area (Å²) in [5, 5.41) is 4.27. The molecule has 8 nitrogen and oxygen atoms in total. The molecule has 0 saturated carbocycles. The normalized spacial score (nSPS) is 19.2. The van der Waals surface area contributed by atoms with E-state index >= 15 is 0 Å². The summed E-state index contributed by atoms with van der Waals surface area (Å²) in [7, 11) is 3.55. The monoisotopic (exact) mass is 443 g/mol. The zero-order valence-corrected chi connectivity index (χ0v) is 19.7. The van der Waals surface area contributed by atoms with Crippen LogP contribution >= 0.6 is 0 Å². The molecule has 176 valence electrons. The number of rotatable bonds is 9. The average molecular weight is 444 g/mol. The second kappa shape index (κ2) is 11.2. The van der Waals surface area contributed by atoms with Crippen LogP contribution < -0.4 is 16.5 Å². The van der Waals surface area contributed by atoms with E-state index in [1.807, 2.05) is 44.2 Å². The van der Waals surface area contributed by atoms with E-state index in [-0.39, 0.29) is 24.3 Å². The number of nitrogens with one attached hydrogen (secondary N) is 2. The topological polar surface area (TPSA) is 108 Å². The second-order valence-corrected chi connectivity index (χ2v) is 9.51. The maximum atomic E-state index is 13.2. The number of carbonyl (C=O) groups excluding carboxylic acids is 3. The number of benzene rings is 1. The average Bonchev–Trinajstić information content (AvgIpc) is 2.71. The summed E-state index contributed by atoms with van der Waals surface area (Å²) in [5.41, 5.74) is 8.72. The number of hydrogen-bond donors (Lipinski definition) is 3. The number of nitrogens with zero attached hydrogens (tertiary/aromatic N) is 2. The lowest BCUT2D eigenvalue weighted by Crippen LogP contribution is -2.57. The highest BCUT2D eigenvalue weighted by Crippen LogP contribution is 2.34. The molecule has 0 unspecified atom stereocenters. The molecular weight excluding hydrogens is 406 g/mol. The first-order valence-corrected chi connectivity index (χ1v) is 11.0. The summed E-state index contributed by atoms with van der Waals surface area (Å²) in [4.78, 5) is 39.8. The molecule has 8 heteroatoms. The van der Waals surface area contributed by atoms with Crippen LogP contribution in [0.15, 0.2) is 42.5 Å². The van der Waals surface area contributed by atoms with Gasteiger partial charge in [0.25, 0.3) is 0 Å². The van der Waals surface area contributed by atoms with Gasteiger partial charge in [-0.2, -0.15) is 0 Å². The van der Waals surface area contributed by atoms with Gasteiger partial charge in [0.15, 0.2) is 0 Å². The van der Waals surface area contributed by atoms with Gasteiger partial charge in [0.1, 0.15) is 0 Å². The zero-order chi connectivity index (χ0) is 23.8. The van der Waals surface area contributed by atoms with Crippen molar-refractivity contribution in [2.75, 3.05) is 33.7 Å². The Kier molecular flexibility index (Phi) is 8.98. The molecule has 1 saturated heterocycles. The van der Waals surface area contributed by atoms with Crippen LogP contribution in [0.3, 0.4) is 0 Å². The fraction of sp³-hybridized carbons (Fsp3) is 0.542. The van der Waals surface area contributed by atoms with Gasteiger partial charge >= 0.3 is 0 Å². The van der Waals surface area contributed by atoms with Crippen molar-refractivity contribution in [3.05, 3.63) is 48.0 Å². The third-order valence-electron chi connectivity index (χ3n) is 5.45. The smallest absolute Gasteiger partial charge is 0.244 e. The van der Waals surface area contributed by atoms with Crippen molar-refractivity contribution in [2.24, 2.45) is 11.1 Å². The summed E-state index contributed by atoms with van der Waals surface area (Å²) in [6, 6.07) is 9.85. The predicted octanol–water partition coefficient (Wildman–Crippen LogP) is 1.23. The minimum absolute atomic E-state index is 0.0970. The van der Waals surface area contributed by atoms with Gasteiger partial charge in [-0.3, -0.25) is 19.8 Å². The van der Waals surface area contributed by atoms with Gasteiger partial charge in [0.05, 0.1) is 12.0 Å². The Morgan fingerprint density at radius 2 is 1.91 bits per heavy atom. The van der Waals surface area contributed by atoms with Crippen molar-refractivity contribution in [3.8, 4) is 0 Å². The minimum atomic E-state index is -0.726. The molecule has 1 fully saturated rings. The molecule has 32 heavy (non-hydrogen) atoms. The highest BCUT2D eigenvalue weighted by atomic mass is 16.2. The van der Waals surface area contributed by atoms with Crippen molar-refractivity contribution in [3.63, 3.8) is 0 Å². The Bertz CT molecular complexity index is 817. The molecule has 0 bridgehead atoms. The van der Waals surface area contributed by atoms with E-state index in [2.05, 4.69) is 10.7 Å². The van der Waals surface area contributed by atoms with Crippen LogP contribution in [0.4, 0.5) is 0 Å². The fourth-order valence-corrected chi connectivity index (χ4v) is 3.87. The van der Waals surface area contributed by atoms with Crippen molar-refractivity contribution in [1.29, 1.82) is 0 Å². The maximum Gasteiger partial charge on any atom is 0.244 e. The van der Waals surface area contributed by atoms with Crippen LogP contribution in [0.2, 0.25) is 0 Å². The Balaban J connectivity index is 2.05. The SMILES string of the molecule is CN(C)NC(=O)[C@@]1(Cc2ccccc2)CCCN(C(=O)CNC(=O)/C=C/CC(C)(C)N)C1. The third kappa shape index (κ3) is 8.09. The molecule has 1 aliphatic heterocycles. The van der Waals surface area contributed by atoms with Gasteiger partial charge in [-0.25, -0.2) is 5.01 Å². The highest BCUT2D eigenvalue weighted by Gasteiger charge is 2.43. The van der Waals surface area contributed by atoms with Crippen LogP contribution in [0.25, 0.3) is 0 Å². The summed E-state index contributed by atoms with van der Waals surface area (Å²) >= 11 is 0. The molecule has 0 radical (unpaired) electrons. The highest BCUT2D eigenvalue weighted by molar-refractivity contribution is 5.91. The molecule has 1 heterocycles. The summed E-state index contributed by atoms with van der Waals surface area (Å²) in [5.74, 6) is -0.624. The fourth-order valence-electron chi connectivity index (χ4n) is 3.87. The van der Waals surface area contributed by atoms with Crippen molar-refractivity contribution < 1.29 is 14.4 Å². The molecule has 4 N–H and O–H groups in total. The number of likely N-dealkylation sites (tertiary alicyclic amines) is 1. The van der Waals surface area contributed by atoms with Gasteiger partial charge in [-0.1, -0.05) is 36.4 Å². The Morgan fingerprint density at radius 1 is 1.22 bits per heavy atom. The lowest BCUT2D eigenvalue weighted by Gasteiger charge is -2.42. The first kappa shape index (κ1) is 25.5. The first-order valence-electron chi connectivity index (χ1n) is 11.0. The first-order chi connectivity index (χ1) is 15.0. The molecule has 0 aliphatic carbocycles. The van der Waals surface area contributed by atoms with E-state index in [0.29, 0.717) is 32.4 Å². The number of nitrogens with two attached hydrogens (primary N) is 1. The van der Waals surface area contributed by atoms with Crippen LogP contribution in [0.5, 0.6) is 0 Å². The molecule has 0 spiro atoms. The lowest BCUT2D eigenvalue weighted by molar-refractivity contribution is -0.144. The third-order valence-corrected chi connectivity index (χ3v) is 5.45. The van der Waals surface area contributed by atoms with Gasteiger partial charge < -0.3 is 16.0 Å². The summed E-state index contributed by atoms with van der Waals surface area (Å²) < 4.78 is 0. The largest absolute Gasteiger partial charge is 0.343 e. The molecule has 1 aromatic carbocycles. The second-order valence-electron chi connectivity index (χ2n) is 9.51. The van der Waals surface area contributed by atoms with Crippen LogP contribution in [0, 0.1) is 5.41 Å². The zero-order valence-electron chi connectivity index (χ0n) is 19.7. The summed E-state index contributed by atoms with van der Waals surface area (Å²) in [6.45, 7) is 4.53. The quantitative estimate of drug-likeness (QED) is 0.393. The number of amides is 3. The molecule has 1 aliphatic rings. The molecular formula is C24H37N5O3. The van der Waals surface area contributed by atoms with Gasteiger partial charge in [-0.15, -0.1) is 0 Å². The van der Waals surface area contributed by atoms with Crippen molar-refractivity contribution in [1.82, 2.24) is 20.7 Å². The maximum absolute atomic E-state index is 13.2. The number of piperidine rings is 1. The molecule has 2 rings (SSSR count). The number of carbonyl (C=O) groups is 3. The summed E-state index contributed by atoms with van der Waals surface area (Å²) in [6.07, 6.45) is 5.62. The van der Waals surface area contributed by atoms with E-state index in [4.69, 9.17) is 5.73 Å². The van der Waals surface area contributed by atoms with Crippen molar-refractivity contribution >= 4 is 17.7 Å². The van der Waals surface area contributed by atoms with Gasteiger partial charge in [-0.05, 0) is 51.2 Å². The molecule has 1 aromatic rings. The molecule has 0 aromatic heterocycles. The predicted molar refractivity (Wildman–Crippen MR) is 125 cm³/mol. The Morgan fingerprint density at radius 3 is 2.53 bits per heavy atom. The minimum Gasteiger partial charge on any atom is -0.343 e. The Hall–Kier alpha value is -2.71. The van der Waals surface area contributed by atoms with Gasteiger partial charge in [0, 0.05) is 32.7 Å². The van der Waals surface area contributed by atoms with E-state index in [1.165, 1.54) is 6.08 Å². The van der Waals surface area contributed by atoms with Crippen molar-refractivity contribution in [2.45, 2.75) is 45.1 Å². The molecule has 3 amide bonds.